The van der Waals surface area contributed by atoms with Crippen molar-refractivity contribution in [1.29, 1.82) is 0 Å². The molecule has 2 saturated carbocycles. The van der Waals surface area contributed by atoms with E-state index >= 15 is 0 Å². The standard InChI is InChI=1S/C18H22N2O2/c21-16-18(20-17(22)19-16)11-14-9-5-4-8-13(14)10-15(18)12-6-2-1-3-7-12/h1-3,6-7,13-15H,4-5,8-11H2,(H2,19,20,21,22). The van der Waals surface area contributed by atoms with Crippen molar-refractivity contribution in [2.24, 2.45) is 11.8 Å². The quantitative estimate of drug-likeness (QED) is 0.783. The summed E-state index contributed by atoms with van der Waals surface area (Å²) in [6.07, 6.45) is 6.80. The Morgan fingerprint density at radius 1 is 1.00 bits per heavy atom. The molecule has 1 spiro atoms. The van der Waals surface area contributed by atoms with Gasteiger partial charge in [0.05, 0.1) is 0 Å². The first-order chi connectivity index (χ1) is 10.7. The maximum atomic E-state index is 12.6. The normalized spacial score (nSPS) is 37.5. The molecule has 4 nitrogen and oxygen atoms in total. The van der Waals surface area contributed by atoms with Crippen LogP contribution in [0.2, 0.25) is 0 Å². The highest BCUT2D eigenvalue weighted by atomic mass is 16.2. The Balaban J connectivity index is 1.75. The van der Waals surface area contributed by atoms with E-state index in [1.54, 1.807) is 0 Å². The van der Waals surface area contributed by atoms with E-state index in [4.69, 9.17) is 0 Å². The summed E-state index contributed by atoms with van der Waals surface area (Å²) in [5.74, 6) is 1.21. The number of hydrogen-bond donors (Lipinski definition) is 2. The number of hydrogen-bond acceptors (Lipinski definition) is 2. The van der Waals surface area contributed by atoms with Crippen LogP contribution in [0.1, 0.15) is 50.0 Å². The Morgan fingerprint density at radius 3 is 2.41 bits per heavy atom. The van der Waals surface area contributed by atoms with Crippen LogP contribution in [0.3, 0.4) is 0 Å². The molecule has 4 heteroatoms. The summed E-state index contributed by atoms with van der Waals surface area (Å²) < 4.78 is 0. The third kappa shape index (κ3) is 2.04. The minimum absolute atomic E-state index is 0.0829. The van der Waals surface area contributed by atoms with Gasteiger partial charge in [0.25, 0.3) is 5.91 Å². The van der Waals surface area contributed by atoms with Gasteiger partial charge in [-0.05, 0) is 30.2 Å². The molecule has 22 heavy (non-hydrogen) atoms. The van der Waals surface area contributed by atoms with Crippen molar-refractivity contribution in [2.45, 2.75) is 50.0 Å². The van der Waals surface area contributed by atoms with Gasteiger partial charge in [-0.15, -0.1) is 0 Å². The van der Waals surface area contributed by atoms with Crippen LogP contribution in [0, 0.1) is 11.8 Å². The summed E-state index contributed by atoms with van der Waals surface area (Å²) in [5.41, 5.74) is 0.431. The molecule has 3 aliphatic rings. The van der Waals surface area contributed by atoms with Gasteiger partial charge in [-0.25, -0.2) is 4.79 Å². The molecule has 0 radical (unpaired) electrons. The Hall–Kier alpha value is -1.84. The van der Waals surface area contributed by atoms with Gasteiger partial charge in [0, 0.05) is 5.92 Å². The molecule has 1 saturated heterocycles. The molecule has 1 aromatic rings. The molecular weight excluding hydrogens is 276 g/mol. The van der Waals surface area contributed by atoms with Crippen LogP contribution in [-0.4, -0.2) is 17.5 Å². The van der Waals surface area contributed by atoms with E-state index in [0.29, 0.717) is 11.8 Å². The first-order valence-corrected chi connectivity index (χ1v) is 8.37. The third-order valence-electron chi connectivity index (χ3n) is 5.95. The first kappa shape index (κ1) is 13.8. The Kier molecular flexibility index (Phi) is 3.21. The minimum Gasteiger partial charge on any atom is -0.323 e. The molecule has 4 atom stereocenters. The van der Waals surface area contributed by atoms with Crippen LogP contribution >= 0.6 is 0 Å². The largest absolute Gasteiger partial charge is 0.323 e. The molecule has 4 unspecified atom stereocenters. The average molecular weight is 298 g/mol. The molecule has 2 N–H and O–H groups in total. The lowest BCUT2D eigenvalue weighted by molar-refractivity contribution is -0.127. The molecule has 0 bridgehead atoms. The second-order valence-corrected chi connectivity index (χ2v) is 7.09. The van der Waals surface area contributed by atoms with Crippen LogP contribution in [0.25, 0.3) is 0 Å². The lowest BCUT2D eigenvalue weighted by atomic mass is 9.58. The molecule has 3 amide bonds. The number of urea groups is 1. The monoisotopic (exact) mass is 298 g/mol. The smallest absolute Gasteiger partial charge is 0.322 e. The number of amides is 3. The van der Waals surface area contributed by atoms with Crippen molar-refractivity contribution in [3.8, 4) is 0 Å². The Labute approximate surface area is 130 Å². The molecule has 0 aromatic heterocycles. The van der Waals surface area contributed by atoms with Crippen molar-refractivity contribution in [3.05, 3.63) is 35.9 Å². The van der Waals surface area contributed by atoms with E-state index in [-0.39, 0.29) is 17.9 Å². The predicted octanol–water partition coefficient (Wildman–Crippen LogP) is 2.95. The van der Waals surface area contributed by atoms with Gasteiger partial charge in [-0.3, -0.25) is 10.1 Å². The fourth-order valence-corrected chi connectivity index (χ4v) is 4.92. The number of benzene rings is 1. The van der Waals surface area contributed by atoms with Gasteiger partial charge in [-0.2, -0.15) is 0 Å². The van der Waals surface area contributed by atoms with Crippen LogP contribution < -0.4 is 10.6 Å². The van der Waals surface area contributed by atoms with E-state index in [0.717, 1.165) is 12.8 Å². The molecule has 3 fully saturated rings. The van der Waals surface area contributed by atoms with E-state index in [2.05, 4.69) is 22.8 Å². The minimum atomic E-state index is -0.739. The lowest BCUT2D eigenvalue weighted by Crippen LogP contribution is -2.57. The van der Waals surface area contributed by atoms with Gasteiger partial charge in [0.1, 0.15) is 5.54 Å². The SMILES string of the molecule is O=C1NC(=O)C2(CC3CCCCC3CC2c2ccccc2)N1. The summed E-state index contributed by atoms with van der Waals surface area (Å²) in [6, 6.07) is 9.88. The summed E-state index contributed by atoms with van der Waals surface area (Å²) in [6.45, 7) is 0. The lowest BCUT2D eigenvalue weighted by Gasteiger charge is -2.48. The first-order valence-electron chi connectivity index (χ1n) is 8.37. The molecule has 116 valence electrons. The fraction of sp³-hybridized carbons (Fsp3) is 0.556. The van der Waals surface area contributed by atoms with E-state index in [1.807, 2.05) is 18.2 Å². The maximum Gasteiger partial charge on any atom is 0.322 e. The van der Waals surface area contributed by atoms with Crippen molar-refractivity contribution in [3.63, 3.8) is 0 Å². The van der Waals surface area contributed by atoms with Crippen LogP contribution in [0.4, 0.5) is 4.79 Å². The van der Waals surface area contributed by atoms with Crippen molar-refractivity contribution >= 4 is 11.9 Å². The summed E-state index contributed by atoms with van der Waals surface area (Å²) in [5, 5.41) is 5.48. The van der Waals surface area contributed by atoms with E-state index in [9.17, 15) is 9.59 Å². The molecule has 1 aromatic carbocycles. The molecule has 1 heterocycles. The summed E-state index contributed by atoms with van der Waals surface area (Å²) >= 11 is 0. The summed E-state index contributed by atoms with van der Waals surface area (Å²) in [4.78, 5) is 24.4. The van der Waals surface area contributed by atoms with E-state index in [1.165, 1.54) is 31.2 Å². The van der Waals surface area contributed by atoms with Crippen LogP contribution in [0.15, 0.2) is 30.3 Å². The number of fused-ring (bicyclic) bond motifs is 1. The van der Waals surface area contributed by atoms with Gasteiger partial charge in [-0.1, -0.05) is 56.0 Å². The highest BCUT2D eigenvalue weighted by molar-refractivity contribution is 6.07. The second kappa shape index (κ2) is 5.11. The molecule has 4 rings (SSSR count). The number of imide groups is 1. The topological polar surface area (TPSA) is 58.2 Å². The molecule has 1 aliphatic heterocycles. The zero-order valence-corrected chi connectivity index (χ0v) is 12.7. The van der Waals surface area contributed by atoms with Crippen molar-refractivity contribution in [2.75, 3.05) is 0 Å². The zero-order valence-electron chi connectivity index (χ0n) is 12.7. The number of rotatable bonds is 1. The van der Waals surface area contributed by atoms with Gasteiger partial charge in [0.2, 0.25) is 0 Å². The average Bonchev–Trinajstić information content (AvgIpc) is 2.81. The zero-order chi connectivity index (χ0) is 15.2. The predicted molar refractivity (Wildman–Crippen MR) is 83.3 cm³/mol. The number of nitrogens with one attached hydrogen (secondary N) is 2. The van der Waals surface area contributed by atoms with Crippen molar-refractivity contribution < 1.29 is 9.59 Å². The Bertz CT molecular complexity index is 600. The molecule has 2 aliphatic carbocycles. The van der Waals surface area contributed by atoms with Crippen LogP contribution in [0.5, 0.6) is 0 Å². The number of carbonyl (C=O) groups is 2. The third-order valence-corrected chi connectivity index (χ3v) is 5.95. The number of carbonyl (C=O) groups excluding carboxylic acids is 2. The van der Waals surface area contributed by atoms with Crippen molar-refractivity contribution in [1.82, 2.24) is 10.6 Å². The maximum absolute atomic E-state index is 12.6. The Morgan fingerprint density at radius 2 is 1.73 bits per heavy atom. The van der Waals surface area contributed by atoms with Gasteiger partial charge >= 0.3 is 6.03 Å². The highest BCUT2D eigenvalue weighted by Crippen LogP contribution is 2.51. The second-order valence-electron chi connectivity index (χ2n) is 7.09. The molecular formula is C18H22N2O2. The van der Waals surface area contributed by atoms with Crippen LogP contribution in [-0.2, 0) is 4.79 Å². The van der Waals surface area contributed by atoms with Gasteiger partial charge in [0.15, 0.2) is 0 Å². The highest BCUT2D eigenvalue weighted by Gasteiger charge is 2.57. The van der Waals surface area contributed by atoms with E-state index < -0.39 is 5.54 Å². The summed E-state index contributed by atoms with van der Waals surface area (Å²) in [7, 11) is 0. The fourth-order valence-electron chi connectivity index (χ4n) is 4.92. The van der Waals surface area contributed by atoms with Gasteiger partial charge < -0.3 is 5.32 Å².